The Bertz CT molecular complexity index is 818. The molecule has 0 saturated carbocycles. The van der Waals surface area contributed by atoms with Gasteiger partial charge >= 0.3 is 0 Å². The highest BCUT2D eigenvalue weighted by molar-refractivity contribution is 6.34. The van der Waals surface area contributed by atoms with Crippen molar-refractivity contribution in [2.45, 2.75) is 6.92 Å². The highest BCUT2D eigenvalue weighted by atomic mass is 35.5. The molecular weight excluding hydrogens is 298 g/mol. The Kier molecular flexibility index (Phi) is 3.32. The van der Waals surface area contributed by atoms with E-state index in [1.54, 1.807) is 12.1 Å². The zero-order valence-electron chi connectivity index (χ0n) is 10.5. The summed E-state index contributed by atoms with van der Waals surface area (Å²) in [5.74, 6) is 0.115. The molecule has 0 amide bonds. The molecule has 0 aliphatic carbocycles. The van der Waals surface area contributed by atoms with E-state index in [9.17, 15) is 4.39 Å². The zero-order valence-corrected chi connectivity index (χ0v) is 12.0. The molecule has 0 aliphatic rings. The van der Waals surface area contributed by atoms with Gasteiger partial charge in [0.05, 0.1) is 5.52 Å². The molecule has 3 rings (SSSR count). The minimum absolute atomic E-state index is 0.226. The molecular formula is C15H9Cl2FN2. The van der Waals surface area contributed by atoms with Crippen molar-refractivity contribution >= 4 is 34.1 Å². The van der Waals surface area contributed by atoms with Crippen molar-refractivity contribution in [1.82, 2.24) is 9.97 Å². The first kappa shape index (κ1) is 13.3. The fourth-order valence-corrected chi connectivity index (χ4v) is 2.44. The van der Waals surface area contributed by atoms with Crippen LogP contribution in [0.2, 0.25) is 10.2 Å². The summed E-state index contributed by atoms with van der Waals surface area (Å²) in [5.41, 5.74) is 2.29. The van der Waals surface area contributed by atoms with Gasteiger partial charge in [0.2, 0.25) is 0 Å². The third kappa shape index (κ3) is 2.23. The van der Waals surface area contributed by atoms with Crippen molar-refractivity contribution in [3.05, 3.63) is 58.0 Å². The molecule has 0 bridgehead atoms. The van der Waals surface area contributed by atoms with Crippen LogP contribution in [-0.4, -0.2) is 9.97 Å². The van der Waals surface area contributed by atoms with Crippen LogP contribution >= 0.6 is 23.2 Å². The molecule has 1 aromatic heterocycles. The summed E-state index contributed by atoms with van der Waals surface area (Å²) in [4.78, 5) is 8.67. The fraction of sp³-hybridized carbons (Fsp3) is 0.0667. The first-order valence-corrected chi connectivity index (χ1v) is 6.70. The normalized spacial score (nSPS) is 11.0. The van der Waals surface area contributed by atoms with Gasteiger partial charge < -0.3 is 0 Å². The van der Waals surface area contributed by atoms with Crippen molar-refractivity contribution in [1.29, 1.82) is 0 Å². The van der Waals surface area contributed by atoms with Crippen LogP contribution in [0.15, 0.2) is 36.4 Å². The minimum atomic E-state index is -0.366. The summed E-state index contributed by atoms with van der Waals surface area (Å²) in [6.07, 6.45) is 0. The summed E-state index contributed by atoms with van der Waals surface area (Å²) >= 11 is 12.2. The van der Waals surface area contributed by atoms with E-state index in [1.807, 2.05) is 19.1 Å². The third-order valence-electron chi connectivity index (χ3n) is 3.12. The maximum atomic E-state index is 13.2. The molecule has 0 radical (unpaired) electrons. The zero-order chi connectivity index (χ0) is 14.3. The molecule has 0 atom stereocenters. The second-order valence-electron chi connectivity index (χ2n) is 4.41. The number of fused-ring (bicyclic) bond motifs is 1. The Morgan fingerprint density at radius 2 is 1.85 bits per heavy atom. The summed E-state index contributed by atoms with van der Waals surface area (Å²) in [6.45, 7) is 1.89. The van der Waals surface area contributed by atoms with Gasteiger partial charge in [-0.2, -0.15) is 0 Å². The van der Waals surface area contributed by atoms with Gasteiger partial charge in [-0.1, -0.05) is 35.3 Å². The summed E-state index contributed by atoms with van der Waals surface area (Å²) in [6, 6.07) is 9.77. The van der Waals surface area contributed by atoms with Crippen LogP contribution in [0.5, 0.6) is 0 Å². The van der Waals surface area contributed by atoms with E-state index in [0.717, 1.165) is 11.1 Å². The SMILES string of the molecule is Cc1c(Cl)cccc1-c1nc(Cl)c2cc(F)ccc2n1. The molecule has 0 unspecified atom stereocenters. The molecule has 1 heterocycles. The number of hydrogen-bond donors (Lipinski definition) is 0. The van der Waals surface area contributed by atoms with Crippen LogP contribution < -0.4 is 0 Å². The third-order valence-corrected chi connectivity index (χ3v) is 3.82. The van der Waals surface area contributed by atoms with Crippen molar-refractivity contribution in [3.63, 3.8) is 0 Å². The van der Waals surface area contributed by atoms with Gasteiger partial charge in [0, 0.05) is 16.0 Å². The van der Waals surface area contributed by atoms with Gasteiger partial charge in [0.15, 0.2) is 5.82 Å². The van der Waals surface area contributed by atoms with Crippen LogP contribution in [0, 0.1) is 12.7 Å². The molecule has 0 N–H and O–H groups in total. The summed E-state index contributed by atoms with van der Waals surface area (Å²) in [7, 11) is 0. The standard InChI is InChI=1S/C15H9Cl2FN2/c1-8-10(3-2-4-12(8)16)15-19-13-6-5-9(18)7-11(13)14(17)20-15/h2-7H,1H3. The van der Waals surface area contributed by atoms with E-state index in [0.29, 0.717) is 21.7 Å². The highest BCUT2D eigenvalue weighted by Crippen LogP contribution is 2.29. The summed E-state index contributed by atoms with van der Waals surface area (Å²) in [5, 5.41) is 1.36. The Morgan fingerprint density at radius 1 is 1.05 bits per heavy atom. The first-order chi connectivity index (χ1) is 9.56. The first-order valence-electron chi connectivity index (χ1n) is 5.94. The van der Waals surface area contributed by atoms with Crippen molar-refractivity contribution in [2.24, 2.45) is 0 Å². The summed E-state index contributed by atoms with van der Waals surface area (Å²) < 4.78 is 13.2. The Balaban J connectivity index is 2.28. The molecule has 2 nitrogen and oxygen atoms in total. The molecule has 0 aliphatic heterocycles. The van der Waals surface area contributed by atoms with E-state index in [2.05, 4.69) is 9.97 Å². The predicted octanol–water partition coefficient (Wildman–Crippen LogP) is 5.05. The topological polar surface area (TPSA) is 25.8 Å². The van der Waals surface area contributed by atoms with E-state index < -0.39 is 0 Å². The van der Waals surface area contributed by atoms with Gasteiger partial charge in [0.1, 0.15) is 11.0 Å². The smallest absolute Gasteiger partial charge is 0.161 e. The van der Waals surface area contributed by atoms with Crippen molar-refractivity contribution in [2.75, 3.05) is 0 Å². The van der Waals surface area contributed by atoms with E-state index in [4.69, 9.17) is 23.2 Å². The maximum Gasteiger partial charge on any atom is 0.161 e. The number of halogens is 3. The number of benzene rings is 2. The quantitative estimate of drug-likeness (QED) is 0.588. The Morgan fingerprint density at radius 3 is 2.65 bits per heavy atom. The van der Waals surface area contributed by atoms with Gasteiger partial charge in [-0.25, -0.2) is 14.4 Å². The lowest BCUT2D eigenvalue weighted by Gasteiger charge is -2.08. The number of nitrogens with zero attached hydrogens (tertiary/aromatic N) is 2. The molecule has 100 valence electrons. The predicted molar refractivity (Wildman–Crippen MR) is 79.7 cm³/mol. The molecule has 5 heteroatoms. The average molecular weight is 307 g/mol. The van der Waals surface area contributed by atoms with Gasteiger partial charge in [-0.15, -0.1) is 0 Å². The van der Waals surface area contributed by atoms with Crippen molar-refractivity contribution < 1.29 is 4.39 Å². The van der Waals surface area contributed by atoms with Gasteiger partial charge in [-0.3, -0.25) is 0 Å². The molecule has 20 heavy (non-hydrogen) atoms. The van der Waals surface area contributed by atoms with E-state index in [1.165, 1.54) is 12.1 Å². The molecule has 0 saturated heterocycles. The average Bonchev–Trinajstić information content (AvgIpc) is 2.42. The number of hydrogen-bond acceptors (Lipinski definition) is 2. The van der Waals surface area contributed by atoms with Crippen LogP contribution in [-0.2, 0) is 0 Å². The highest BCUT2D eigenvalue weighted by Gasteiger charge is 2.11. The Labute approximate surface area is 125 Å². The monoisotopic (exact) mass is 306 g/mol. The van der Waals surface area contributed by atoms with Gasteiger partial charge in [-0.05, 0) is 36.8 Å². The number of aromatic nitrogens is 2. The van der Waals surface area contributed by atoms with Crippen LogP contribution in [0.1, 0.15) is 5.56 Å². The molecule has 2 aromatic carbocycles. The van der Waals surface area contributed by atoms with E-state index in [-0.39, 0.29) is 11.0 Å². The molecule has 0 spiro atoms. The maximum absolute atomic E-state index is 13.2. The lowest BCUT2D eigenvalue weighted by molar-refractivity contribution is 0.629. The van der Waals surface area contributed by atoms with Crippen molar-refractivity contribution in [3.8, 4) is 11.4 Å². The van der Waals surface area contributed by atoms with Crippen LogP contribution in [0.25, 0.3) is 22.3 Å². The number of rotatable bonds is 1. The fourth-order valence-electron chi connectivity index (χ4n) is 2.03. The largest absolute Gasteiger partial charge is 0.228 e. The molecule has 0 fully saturated rings. The van der Waals surface area contributed by atoms with Crippen LogP contribution in [0.4, 0.5) is 4.39 Å². The lowest BCUT2D eigenvalue weighted by atomic mass is 10.1. The minimum Gasteiger partial charge on any atom is -0.228 e. The van der Waals surface area contributed by atoms with Gasteiger partial charge in [0.25, 0.3) is 0 Å². The molecule has 3 aromatic rings. The van der Waals surface area contributed by atoms with E-state index >= 15 is 0 Å². The second-order valence-corrected chi connectivity index (χ2v) is 5.18. The Hall–Kier alpha value is -1.71. The second kappa shape index (κ2) is 5.00. The van der Waals surface area contributed by atoms with Crippen LogP contribution in [0.3, 0.4) is 0 Å². The lowest BCUT2D eigenvalue weighted by Crippen LogP contribution is -1.94.